The molecule has 2 aromatic rings. The molecule has 44 heavy (non-hydrogen) atoms. The van der Waals surface area contributed by atoms with E-state index in [4.69, 9.17) is 10.5 Å². The second kappa shape index (κ2) is 15.7. The van der Waals surface area contributed by atoms with E-state index in [0.29, 0.717) is 13.0 Å². The molecule has 6 N–H and O–H groups in total. The second-order valence-electron chi connectivity index (χ2n) is 11.1. The van der Waals surface area contributed by atoms with Gasteiger partial charge < -0.3 is 31.5 Å². The molecular weight excluding hydrogens is 562 g/mol. The molecule has 0 saturated heterocycles. The number of hydrogen-bond donors (Lipinski definition) is 5. The molecule has 0 saturated carbocycles. The van der Waals surface area contributed by atoms with E-state index < -0.39 is 41.3 Å². The van der Waals surface area contributed by atoms with Gasteiger partial charge in [-0.1, -0.05) is 61.5 Å². The molecule has 0 radical (unpaired) electrons. The number of ether oxygens (including phenoxy) is 1. The summed E-state index contributed by atoms with van der Waals surface area (Å²) in [7, 11) is 1.54. The Balaban J connectivity index is 1.70. The zero-order chi connectivity index (χ0) is 32.3. The number of amides is 2. The number of carbonyl (C=O) groups is 4. The number of aliphatic carboxylic acids is 1. The van der Waals surface area contributed by atoms with E-state index in [1.165, 1.54) is 13.1 Å². The van der Waals surface area contributed by atoms with Crippen LogP contribution in [0.5, 0.6) is 0 Å². The van der Waals surface area contributed by atoms with Crippen LogP contribution in [0.1, 0.15) is 63.0 Å². The number of alkyl carbamates (subject to hydrolysis) is 1. The molecule has 11 nitrogen and oxygen atoms in total. The number of carbonyl (C=O) groups excluding carboxylic acids is 3. The summed E-state index contributed by atoms with van der Waals surface area (Å²) in [6.07, 6.45) is 1.54. The molecule has 0 unspecified atom stereocenters. The van der Waals surface area contributed by atoms with E-state index in [1.54, 1.807) is 13.8 Å². The van der Waals surface area contributed by atoms with Crippen molar-refractivity contribution in [1.29, 1.82) is 0 Å². The van der Waals surface area contributed by atoms with Crippen molar-refractivity contribution in [1.82, 2.24) is 16.0 Å². The van der Waals surface area contributed by atoms with Crippen LogP contribution in [0.25, 0.3) is 11.1 Å². The highest BCUT2D eigenvalue weighted by Crippen LogP contribution is 2.44. The maximum absolute atomic E-state index is 13.7. The number of aliphatic imine (C=N–C) groups is 1. The highest BCUT2D eigenvalue weighted by molar-refractivity contribution is 5.95. The number of Topliss-reactive ketones (excluding diaryl/α,β-unsaturated/α-hetero) is 1. The highest BCUT2D eigenvalue weighted by atomic mass is 16.5. The van der Waals surface area contributed by atoms with Gasteiger partial charge in [-0.2, -0.15) is 0 Å². The minimum atomic E-state index is -1.41. The van der Waals surface area contributed by atoms with Crippen LogP contribution in [0.2, 0.25) is 0 Å². The fourth-order valence-electron chi connectivity index (χ4n) is 5.43. The summed E-state index contributed by atoms with van der Waals surface area (Å²) < 4.78 is 5.68. The molecule has 0 spiro atoms. The van der Waals surface area contributed by atoms with E-state index in [9.17, 15) is 24.3 Å². The SMILES string of the molecule is C=CC[C@@](C)(NC(=O)OCC1c2ccccc2-c2ccccc21)C(=O)C[C@@H](CCCNC(N)=NC)C(=O)N[C@@H](CC)C(=O)O. The molecule has 3 rings (SSSR count). The summed E-state index contributed by atoms with van der Waals surface area (Å²) in [5.74, 6) is -2.86. The monoisotopic (exact) mass is 605 g/mol. The van der Waals surface area contributed by atoms with Crippen LogP contribution in [0, 0.1) is 5.92 Å². The van der Waals surface area contributed by atoms with Crippen molar-refractivity contribution in [3.05, 3.63) is 72.3 Å². The molecule has 0 fully saturated rings. The van der Waals surface area contributed by atoms with Crippen LogP contribution in [0.3, 0.4) is 0 Å². The van der Waals surface area contributed by atoms with Crippen LogP contribution >= 0.6 is 0 Å². The van der Waals surface area contributed by atoms with E-state index >= 15 is 0 Å². The third-order valence-corrected chi connectivity index (χ3v) is 7.99. The molecule has 0 heterocycles. The Bertz CT molecular complexity index is 1350. The van der Waals surface area contributed by atoms with Crippen molar-refractivity contribution in [2.75, 3.05) is 20.2 Å². The third kappa shape index (κ3) is 8.46. The smallest absolute Gasteiger partial charge is 0.407 e. The first-order valence-corrected chi connectivity index (χ1v) is 14.8. The summed E-state index contributed by atoms with van der Waals surface area (Å²) in [6, 6.07) is 14.9. The summed E-state index contributed by atoms with van der Waals surface area (Å²) in [4.78, 5) is 55.3. The maximum Gasteiger partial charge on any atom is 0.407 e. The highest BCUT2D eigenvalue weighted by Gasteiger charge is 2.38. The van der Waals surface area contributed by atoms with Crippen molar-refractivity contribution < 1.29 is 29.0 Å². The minimum absolute atomic E-state index is 0.0774. The summed E-state index contributed by atoms with van der Waals surface area (Å²) in [5.41, 5.74) is 8.59. The lowest BCUT2D eigenvalue weighted by Gasteiger charge is -2.30. The molecule has 11 heteroatoms. The largest absolute Gasteiger partial charge is 0.480 e. The minimum Gasteiger partial charge on any atom is -0.480 e. The Labute approximate surface area is 258 Å². The summed E-state index contributed by atoms with van der Waals surface area (Å²) in [6.45, 7) is 7.44. The number of nitrogens with zero attached hydrogens (tertiary/aromatic N) is 1. The van der Waals surface area contributed by atoms with Gasteiger partial charge in [0.1, 0.15) is 18.2 Å². The fraction of sp³-hybridized carbons (Fsp3) is 0.424. The van der Waals surface area contributed by atoms with Crippen molar-refractivity contribution >= 4 is 29.7 Å². The normalized spacial score (nSPS) is 15.1. The Morgan fingerprint density at radius 2 is 1.73 bits per heavy atom. The zero-order valence-corrected chi connectivity index (χ0v) is 25.6. The molecule has 1 aliphatic rings. The average Bonchev–Trinajstić information content (AvgIpc) is 3.33. The van der Waals surface area contributed by atoms with Crippen LogP contribution in [0.15, 0.2) is 66.2 Å². The lowest BCUT2D eigenvalue weighted by Crippen LogP contribution is -2.53. The molecule has 1 aliphatic carbocycles. The Morgan fingerprint density at radius 1 is 1.11 bits per heavy atom. The van der Waals surface area contributed by atoms with Gasteiger partial charge in [0.25, 0.3) is 0 Å². The standard InChI is InChI=1S/C33H43N5O6/c1-5-17-33(3,28(39)19-21(12-11-18-36-31(34)35-4)29(40)37-27(6-2)30(41)42)38-32(43)44-20-26-24-15-9-7-13-22(24)23-14-8-10-16-25(23)26/h5,7-10,13-16,21,26-27H,1,6,11-12,17-20H2,2-4H3,(H,37,40)(H,38,43)(H,41,42)(H3,34,35,36)/t21-,27+,33-/m1/s1. The molecule has 0 bridgehead atoms. The lowest BCUT2D eigenvalue weighted by atomic mass is 9.84. The van der Waals surface area contributed by atoms with Crippen LogP contribution < -0.4 is 21.7 Å². The van der Waals surface area contributed by atoms with E-state index in [-0.39, 0.29) is 44.2 Å². The molecule has 3 atom stereocenters. The molecule has 2 aromatic carbocycles. The zero-order valence-electron chi connectivity index (χ0n) is 25.6. The number of carboxylic acids is 1. The topological polar surface area (TPSA) is 172 Å². The van der Waals surface area contributed by atoms with Crippen LogP contribution in [-0.4, -0.2) is 66.6 Å². The maximum atomic E-state index is 13.7. The Kier molecular flexibility index (Phi) is 12.1. The molecule has 2 amide bonds. The molecule has 236 valence electrons. The number of rotatable bonds is 16. The van der Waals surface area contributed by atoms with Gasteiger partial charge in [0.15, 0.2) is 11.7 Å². The first-order valence-electron chi connectivity index (χ1n) is 14.8. The lowest BCUT2D eigenvalue weighted by molar-refractivity contribution is -0.143. The number of nitrogens with one attached hydrogen (secondary N) is 3. The van der Waals surface area contributed by atoms with Crippen molar-refractivity contribution in [2.45, 2.75) is 63.5 Å². The first-order chi connectivity index (χ1) is 21.0. The van der Waals surface area contributed by atoms with Crippen molar-refractivity contribution in [3.63, 3.8) is 0 Å². The molecule has 0 aromatic heterocycles. The van der Waals surface area contributed by atoms with Gasteiger partial charge in [-0.05, 0) is 54.9 Å². The molecule has 0 aliphatic heterocycles. The van der Waals surface area contributed by atoms with Crippen molar-refractivity contribution in [2.24, 2.45) is 16.6 Å². The number of guanidine groups is 1. The van der Waals surface area contributed by atoms with Gasteiger partial charge in [-0.15, -0.1) is 6.58 Å². The summed E-state index contributed by atoms with van der Waals surface area (Å²) >= 11 is 0. The number of benzene rings is 2. The van der Waals surface area contributed by atoms with Gasteiger partial charge in [-0.3, -0.25) is 14.6 Å². The second-order valence-corrected chi connectivity index (χ2v) is 11.1. The third-order valence-electron chi connectivity index (χ3n) is 7.99. The predicted octanol–water partition coefficient (Wildman–Crippen LogP) is 3.73. The van der Waals surface area contributed by atoms with Crippen LogP contribution in [-0.2, 0) is 19.1 Å². The summed E-state index contributed by atoms with van der Waals surface area (Å²) in [5, 5.41) is 17.6. The quantitative estimate of drug-likeness (QED) is 0.0833. The van der Waals surface area contributed by atoms with Crippen molar-refractivity contribution in [3.8, 4) is 11.1 Å². The van der Waals surface area contributed by atoms with Gasteiger partial charge >= 0.3 is 12.1 Å². The van der Waals surface area contributed by atoms with Gasteiger partial charge in [0.2, 0.25) is 5.91 Å². The number of hydrogen-bond acceptors (Lipinski definition) is 6. The van der Waals surface area contributed by atoms with E-state index in [2.05, 4.69) is 27.5 Å². The average molecular weight is 606 g/mol. The Morgan fingerprint density at radius 3 is 2.27 bits per heavy atom. The number of ketones is 1. The fourth-order valence-corrected chi connectivity index (χ4v) is 5.43. The van der Waals surface area contributed by atoms with Gasteiger partial charge in [0.05, 0.1) is 0 Å². The van der Waals surface area contributed by atoms with E-state index in [1.807, 2.05) is 48.5 Å². The van der Waals surface area contributed by atoms with Crippen LogP contribution in [0.4, 0.5) is 4.79 Å². The van der Waals surface area contributed by atoms with Gasteiger partial charge in [-0.25, -0.2) is 9.59 Å². The number of nitrogens with two attached hydrogens (primary N) is 1. The predicted molar refractivity (Wildman–Crippen MR) is 169 cm³/mol. The Hall–Kier alpha value is -4.67. The van der Waals surface area contributed by atoms with E-state index in [0.717, 1.165) is 22.3 Å². The molecular formula is C33H43N5O6. The number of fused-ring (bicyclic) bond motifs is 3. The number of carboxylic acid groups (broad SMARTS) is 1. The van der Waals surface area contributed by atoms with Gasteiger partial charge in [0, 0.05) is 31.8 Å². The first kappa shape index (κ1) is 33.8.